The van der Waals surface area contributed by atoms with E-state index in [1.807, 2.05) is 0 Å². The molecule has 20 heavy (non-hydrogen) atoms. The number of hydrogen-bond acceptors (Lipinski definition) is 2. The first-order chi connectivity index (χ1) is 9.65. The van der Waals surface area contributed by atoms with E-state index >= 15 is 0 Å². The van der Waals surface area contributed by atoms with E-state index in [1.54, 1.807) is 0 Å². The van der Waals surface area contributed by atoms with E-state index in [-0.39, 0.29) is 0 Å². The van der Waals surface area contributed by atoms with E-state index in [4.69, 9.17) is 24.4 Å². The molecule has 2 rings (SSSR count). The van der Waals surface area contributed by atoms with Crippen molar-refractivity contribution in [2.75, 3.05) is 13.1 Å². The maximum Gasteiger partial charge on any atom is 0.187 e. The third kappa shape index (κ3) is 5.05. The highest BCUT2D eigenvalue weighted by molar-refractivity contribution is 7.80. The summed E-state index contributed by atoms with van der Waals surface area (Å²) in [4.78, 5) is 2.21. The molecule has 1 aliphatic heterocycles. The molecule has 0 aromatic carbocycles. The summed E-state index contributed by atoms with van der Waals surface area (Å²) < 4.78 is 0. The molecule has 6 heteroatoms. The van der Waals surface area contributed by atoms with Gasteiger partial charge >= 0.3 is 0 Å². The van der Waals surface area contributed by atoms with Crippen molar-refractivity contribution in [1.29, 1.82) is 0 Å². The number of hydrogen-bond donors (Lipinski definition) is 3. The molecule has 1 aliphatic carbocycles. The summed E-state index contributed by atoms with van der Waals surface area (Å²) in [5.41, 5.74) is 6.09. The van der Waals surface area contributed by atoms with Gasteiger partial charge in [-0.2, -0.15) is 0 Å². The quantitative estimate of drug-likeness (QED) is 0.510. The lowest BCUT2D eigenvalue weighted by Gasteiger charge is -2.32. The smallest absolute Gasteiger partial charge is 0.187 e. The molecular weight excluding hydrogens is 288 g/mol. The summed E-state index contributed by atoms with van der Waals surface area (Å²) in [6, 6.07) is 0.523. The fourth-order valence-electron chi connectivity index (χ4n) is 2.87. The third-order valence-corrected chi connectivity index (χ3v) is 4.87. The summed E-state index contributed by atoms with van der Waals surface area (Å²) in [5.74, 6) is 0.816. The highest BCUT2D eigenvalue weighted by Gasteiger charge is 2.18. The molecule has 0 aromatic heterocycles. The molecule has 114 valence electrons. The van der Waals surface area contributed by atoms with Crippen LogP contribution >= 0.6 is 24.4 Å². The molecule has 0 aromatic rings. The topological polar surface area (TPSA) is 39.3 Å². The molecule has 0 spiro atoms. The standard InChI is InChI=1S/C14H26N4S2/c1-11-7-9-18(10-8-11)14(20)17-16-13(19)15-12-5-3-2-4-6-12/h11-12H,2-10H2,1H3,(H,17,20)(H2,15,16,19). The molecule has 3 N–H and O–H groups in total. The van der Waals surface area contributed by atoms with Crippen molar-refractivity contribution in [3.8, 4) is 0 Å². The average molecular weight is 315 g/mol. The van der Waals surface area contributed by atoms with Crippen molar-refractivity contribution in [3.63, 3.8) is 0 Å². The van der Waals surface area contributed by atoms with Gasteiger partial charge in [-0.05, 0) is 56.0 Å². The van der Waals surface area contributed by atoms with Crippen molar-refractivity contribution in [3.05, 3.63) is 0 Å². The Kier molecular flexibility index (Phi) is 6.29. The molecule has 2 aliphatic rings. The third-order valence-electron chi connectivity index (χ3n) is 4.29. The second-order valence-corrected chi connectivity index (χ2v) is 6.83. The van der Waals surface area contributed by atoms with Crippen molar-refractivity contribution in [1.82, 2.24) is 21.1 Å². The Morgan fingerprint density at radius 1 is 0.950 bits per heavy atom. The van der Waals surface area contributed by atoms with E-state index in [2.05, 4.69) is 28.0 Å². The maximum atomic E-state index is 5.40. The number of likely N-dealkylation sites (tertiary alicyclic amines) is 1. The molecule has 0 radical (unpaired) electrons. The van der Waals surface area contributed by atoms with Crippen LogP contribution in [0.4, 0.5) is 0 Å². The Morgan fingerprint density at radius 3 is 2.25 bits per heavy atom. The van der Waals surface area contributed by atoms with Crippen LogP contribution < -0.4 is 16.2 Å². The average Bonchev–Trinajstić information content (AvgIpc) is 2.46. The van der Waals surface area contributed by atoms with Crippen LogP contribution in [0.15, 0.2) is 0 Å². The molecule has 0 bridgehead atoms. The lowest BCUT2D eigenvalue weighted by Crippen LogP contribution is -2.54. The Morgan fingerprint density at radius 2 is 1.60 bits per heavy atom. The molecule has 1 saturated heterocycles. The minimum atomic E-state index is 0.523. The summed E-state index contributed by atoms with van der Waals surface area (Å²) in [5, 5.41) is 4.78. The summed E-state index contributed by atoms with van der Waals surface area (Å²) in [6.45, 7) is 4.38. The first kappa shape index (κ1) is 15.8. The summed E-state index contributed by atoms with van der Waals surface area (Å²) in [7, 11) is 0. The van der Waals surface area contributed by atoms with Crippen molar-refractivity contribution >= 4 is 34.7 Å². The molecule has 0 amide bonds. The second kappa shape index (κ2) is 7.98. The van der Waals surface area contributed by atoms with Crippen molar-refractivity contribution < 1.29 is 0 Å². The van der Waals surface area contributed by atoms with Gasteiger partial charge in [-0.25, -0.2) is 0 Å². The zero-order chi connectivity index (χ0) is 14.4. The number of nitrogens with zero attached hydrogens (tertiary/aromatic N) is 1. The number of piperidine rings is 1. The van der Waals surface area contributed by atoms with Crippen molar-refractivity contribution in [2.24, 2.45) is 5.92 Å². The fourth-order valence-corrected chi connectivity index (χ4v) is 3.32. The maximum absolute atomic E-state index is 5.40. The van der Waals surface area contributed by atoms with Crippen molar-refractivity contribution in [2.45, 2.75) is 57.9 Å². The van der Waals surface area contributed by atoms with Gasteiger partial charge in [0.25, 0.3) is 0 Å². The van der Waals surface area contributed by atoms with E-state index in [1.165, 1.54) is 44.9 Å². The molecule has 0 atom stereocenters. The molecule has 1 heterocycles. The minimum Gasteiger partial charge on any atom is -0.359 e. The zero-order valence-electron chi connectivity index (χ0n) is 12.3. The van der Waals surface area contributed by atoms with Gasteiger partial charge in [0, 0.05) is 19.1 Å². The van der Waals surface area contributed by atoms with Crippen LogP contribution in [0.1, 0.15) is 51.9 Å². The minimum absolute atomic E-state index is 0.523. The van der Waals surface area contributed by atoms with Crippen LogP contribution in [0, 0.1) is 5.92 Å². The van der Waals surface area contributed by atoms with Gasteiger partial charge in [0.15, 0.2) is 10.2 Å². The SMILES string of the molecule is CC1CCN(C(=S)NNC(=S)NC2CCCCC2)CC1. The monoisotopic (exact) mass is 314 g/mol. The number of rotatable bonds is 1. The van der Waals surface area contributed by atoms with Crippen LogP contribution in [0.5, 0.6) is 0 Å². The van der Waals surface area contributed by atoms with Crippen LogP contribution in [0.2, 0.25) is 0 Å². The summed E-state index contributed by atoms with van der Waals surface area (Å²) >= 11 is 10.7. The van der Waals surface area contributed by atoms with Gasteiger partial charge in [0.2, 0.25) is 0 Å². The molecule has 1 saturated carbocycles. The first-order valence-corrected chi connectivity index (χ1v) is 8.58. The highest BCUT2D eigenvalue weighted by Crippen LogP contribution is 2.17. The molecule has 0 unspecified atom stereocenters. The van der Waals surface area contributed by atoms with Gasteiger partial charge < -0.3 is 10.2 Å². The number of nitrogens with one attached hydrogen (secondary N) is 3. The highest BCUT2D eigenvalue weighted by atomic mass is 32.1. The first-order valence-electron chi connectivity index (χ1n) is 7.76. The fraction of sp³-hybridized carbons (Fsp3) is 0.857. The van der Waals surface area contributed by atoms with E-state index in [9.17, 15) is 0 Å². The van der Waals surface area contributed by atoms with Gasteiger partial charge in [0.05, 0.1) is 0 Å². The molecule has 4 nitrogen and oxygen atoms in total. The zero-order valence-corrected chi connectivity index (χ0v) is 13.9. The number of hydrazine groups is 1. The normalized spacial score (nSPS) is 21.4. The molecule has 2 fully saturated rings. The van der Waals surface area contributed by atoms with Gasteiger partial charge in [-0.1, -0.05) is 26.2 Å². The Balaban J connectivity index is 1.63. The molecular formula is C14H26N4S2. The largest absolute Gasteiger partial charge is 0.359 e. The lowest BCUT2D eigenvalue weighted by molar-refractivity contribution is 0.277. The van der Waals surface area contributed by atoms with E-state index < -0.39 is 0 Å². The van der Waals surface area contributed by atoms with Gasteiger partial charge in [0.1, 0.15) is 0 Å². The van der Waals surface area contributed by atoms with Crippen LogP contribution in [0.25, 0.3) is 0 Å². The predicted molar refractivity (Wildman–Crippen MR) is 91.4 cm³/mol. The Hall–Kier alpha value is -0.620. The Bertz CT molecular complexity index is 334. The van der Waals surface area contributed by atoms with Crippen LogP contribution in [-0.2, 0) is 0 Å². The summed E-state index contributed by atoms with van der Waals surface area (Å²) in [6.07, 6.45) is 8.83. The second-order valence-electron chi connectivity index (χ2n) is 6.03. The van der Waals surface area contributed by atoms with Gasteiger partial charge in [-0.15, -0.1) is 0 Å². The Labute approximate surface area is 133 Å². The van der Waals surface area contributed by atoms with Gasteiger partial charge in [-0.3, -0.25) is 10.9 Å². The number of thiocarbonyl (C=S) groups is 2. The van der Waals surface area contributed by atoms with Crippen LogP contribution in [-0.4, -0.2) is 34.3 Å². The predicted octanol–water partition coefficient (Wildman–Crippen LogP) is 2.30. The van der Waals surface area contributed by atoms with E-state index in [0.717, 1.165) is 24.1 Å². The van der Waals surface area contributed by atoms with E-state index in [0.29, 0.717) is 11.2 Å². The van der Waals surface area contributed by atoms with Crippen LogP contribution in [0.3, 0.4) is 0 Å². The lowest BCUT2D eigenvalue weighted by atomic mass is 9.96.